The summed E-state index contributed by atoms with van der Waals surface area (Å²) < 4.78 is 28.5. The second-order valence-corrected chi connectivity index (χ2v) is 7.24. The van der Waals surface area contributed by atoms with Gasteiger partial charge in [0.2, 0.25) is 0 Å². The molecule has 3 heterocycles. The number of imidazole rings is 1. The van der Waals surface area contributed by atoms with Gasteiger partial charge in [0.15, 0.2) is 0 Å². The molecule has 0 atom stereocenters. The molecule has 0 bridgehead atoms. The van der Waals surface area contributed by atoms with E-state index < -0.39 is 0 Å². The van der Waals surface area contributed by atoms with Gasteiger partial charge in [0.05, 0.1) is 23.3 Å². The van der Waals surface area contributed by atoms with Crippen LogP contribution in [0.25, 0.3) is 39.3 Å². The minimum atomic E-state index is -0.294. The first-order valence-electron chi connectivity index (χ1n) is 9.81. The van der Waals surface area contributed by atoms with E-state index in [9.17, 15) is 8.78 Å². The van der Waals surface area contributed by atoms with Crippen LogP contribution in [0.2, 0.25) is 0 Å². The van der Waals surface area contributed by atoms with Crippen LogP contribution in [0.3, 0.4) is 0 Å². The number of nitrogens with two attached hydrogens (primary N) is 1. The fraction of sp³-hybridized carbons (Fsp3) is 0.0400. The third-order valence-electron chi connectivity index (χ3n) is 5.21. The van der Waals surface area contributed by atoms with Crippen LogP contribution < -0.4 is 5.73 Å². The lowest BCUT2D eigenvalue weighted by Crippen LogP contribution is -2.02. The summed E-state index contributed by atoms with van der Waals surface area (Å²) >= 11 is 0. The lowest BCUT2D eigenvalue weighted by Gasteiger charge is -2.09. The molecule has 2 N–H and O–H groups in total. The Morgan fingerprint density at radius 3 is 2.10 bits per heavy atom. The van der Waals surface area contributed by atoms with Crippen molar-refractivity contribution in [2.24, 2.45) is 5.73 Å². The van der Waals surface area contributed by atoms with Crippen LogP contribution >= 0.6 is 0 Å². The fourth-order valence-corrected chi connectivity index (χ4v) is 3.62. The predicted octanol–water partition coefficient (Wildman–Crippen LogP) is 5.47. The van der Waals surface area contributed by atoms with E-state index in [1.54, 1.807) is 30.5 Å². The Bertz CT molecular complexity index is 1370. The number of aromatic nitrogens is 3. The third kappa shape index (κ3) is 3.69. The molecular weight excluding hydrogens is 394 g/mol. The van der Waals surface area contributed by atoms with E-state index in [1.165, 1.54) is 24.3 Å². The molecule has 4 nitrogen and oxygen atoms in total. The largest absolute Gasteiger partial charge is 0.325 e. The van der Waals surface area contributed by atoms with Gasteiger partial charge in [-0.05, 0) is 71.8 Å². The number of benzene rings is 2. The van der Waals surface area contributed by atoms with Gasteiger partial charge < -0.3 is 5.73 Å². The van der Waals surface area contributed by atoms with Crippen molar-refractivity contribution in [2.75, 3.05) is 0 Å². The average Bonchev–Trinajstić information content (AvgIpc) is 3.23. The SMILES string of the molecule is NCc1cc(-c2cnc3cc(-c4ccc(F)cc4)ccn23)cc(-c2ccc(F)cc2)n1. The molecule has 0 aliphatic heterocycles. The second-order valence-electron chi connectivity index (χ2n) is 7.24. The van der Waals surface area contributed by atoms with Crippen molar-refractivity contribution in [3.8, 4) is 33.6 Å². The molecular formula is C25H18F2N4. The van der Waals surface area contributed by atoms with Crippen LogP contribution in [0, 0.1) is 11.6 Å². The first kappa shape index (κ1) is 19.1. The summed E-state index contributed by atoms with van der Waals surface area (Å²) in [5.41, 5.74) is 12.6. The number of hydrogen-bond acceptors (Lipinski definition) is 3. The molecule has 0 saturated carbocycles. The quantitative estimate of drug-likeness (QED) is 0.426. The van der Waals surface area contributed by atoms with Gasteiger partial charge >= 0.3 is 0 Å². The van der Waals surface area contributed by atoms with Gasteiger partial charge in [-0.2, -0.15) is 0 Å². The van der Waals surface area contributed by atoms with Crippen LogP contribution in [-0.2, 0) is 6.54 Å². The summed E-state index contributed by atoms with van der Waals surface area (Å²) in [7, 11) is 0. The van der Waals surface area contributed by atoms with Gasteiger partial charge in [0.1, 0.15) is 17.3 Å². The fourth-order valence-electron chi connectivity index (χ4n) is 3.62. The average molecular weight is 412 g/mol. The van der Waals surface area contributed by atoms with E-state index >= 15 is 0 Å². The first-order chi connectivity index (χ1) is 15.1. The van der Waals surface area contributed by atoms with E-state index in [0.29, 0.717) is 0 Å². The van der Waals surface area contributed by atoms with Crippen molar-refractivity contribution >= 4 is 5.65 Å². The minimum absolute atomic E-state index is 0.265. The predicted molar refractivity (Wildman–Crippen MR) is 117 cm³/mol. The number of nitrogens with zero attached hydrogens (tertiary/aromatic N) is 3. The third-order valence-corrected chi connectivity index (χ3v) is 5.21. The number of fused-ring (bicyclic) bond motifs is 1. The van der Waals surface area contributed by atoms with E-state index in [0.717, 1.165) is 45.0 Å². The number of hydrogen-bond donors (Lipinski definition) is 1. The van der Waals surface area contributed by atoms with Gasteiger partial charge in [0.25, 0.3) is 0 Å². The molecule has 6 heteroatoms. The number of rotatable bonds is 4. The summed E-state index contributed by atoms with van der Waals surface area (Å²) in [5.74, 6) is -0.559. The smallest absolute Gasteiger partial charge is 0.137 e. The molecule has 2 aromatic carbocycles. The standard InChI is InChI=1S/C25H18F2N4/c26-20-5-1-16(2-6-20)18-9-10-31-24(15-29-25(31)13-18)19-11-22(14-28)30-23(12-19)17-3-7-21(27)8-4-17/h1-13,15H,14,28H2. The zero-order chi connectivity index (χ0) is 21.4. The van der Waals surface area contributed by atoms with E-state index in [1.807, 2.05) is 34.9 Å². The van der Waals surface area contributed by atoms with Crippen molar-refractivity contribution < 1.29 is 8.78 Å². The molecule has 0 fully saturated rings. The zero-order valence-corrected chi connectivity index (χ0v) is 16.5. The van der Waals surface area contributed by atoms with Crippen molar-refractivity contribution in [1.29, 1.82) is 0 Å². The Kier molecular flexibility index (Phi) is 4.76. The van der Waals surface area contributed by atoms with Crippen molar-refractivity contribution in [2.45, 2.75) is 6.54 Å². The van der Waals surface area contributed by atoms with E-state index in [-0.39, 0.29) is 18.2 Å². The lowest BCUT2D eigenvalue weighted by atomic mass is 10.1. The van der Waals surface area contributed by atoms with E-state index in [2.05, 4.69) is 9.97 Å². The summed E-state index contributed by atoms with van der Waals surface area (Å²) in [6.07, 6.45) is 3.74. The molecule has 0 unspecified atom stereocenters. The number of pyridine rings is 2. The van der Waals surface area contributed by atoms with Gasteiger partial charge in [-0.1, -0.05) is 12.1 Å². The highest BCUT2D eigenvalue weighted by atomic mass is 19.1. The summed E-state index contributed by atoms with van der Waals surface area (Å²) in [6, 6.07) is 20.4. The van der Waals surface area contributed by atoms with Gasteiger partial charge in [-0.15, -0.1) is 0 Å². The molecule has 152 valence electrons. The molecule has 3 aromatic heterocycles. The summed E-state index contributed by atoms with van der Waals surface area (Å²) in [6.45, 7) is 0.285. The molecule has 0 amide bonds. The zero-order valence-electron chi connectivity index (χ0n) is 16.5. The van der Waals surface area contributed by atoms with Gasteiger partial charge in [-0.25, -0.2) is 13.8 Å². The maximum absolute atomic E-state index is 13.3. The Hall–Kier alpha value is -3.90. The Labute approximate surface area is 177 Å². The molecule has 31 heavy (non-hydrogen) atoms. The molecule has 0 saturated heterocycles. The molecule has 0 spiro atoms. The normalized spacial score (nSPS) is 11.2. The lowest BCUT2D eigenvalue weighted by molar-refractivity contribution is 0.627. The minimum Gasteiger partial charge on any atom is -0.325 e. The molecule has 0 aliphatic carbocycles. The maximum Gasteiger partial charge on any atom is 0.137 e. The van der Waals surface area contributed by atoms with Crippen LogP contribution in [0.5, 0.6) is 0 Å². The first-order valence-corrected chi connectivity index (χ1v) is 9.81. The van der Waals surface area contributed by atoms with E-state index in [4.69, 9.17) is 5.73 Å². The van der Waals surface area contributed by atoms with Crippen LogP contribution in [0.4, 0.5) is 8.78 Å². The van der Waals surface area contributed by atoms with Crippen molar-refractivity contribution in [3.63, 3.8) is 0 Å². The highest BCUT2D eigenvalue weighted by Gasteiger charge is 2.12. The topological polar surface area (TPSA) is 56.2 Å². The molecule has 5 rings (SSSR count). The summed E-state index contributed by atoms with van der Waals surface area (Å²) in [4.78, 5) is 9.15. The van der Waals surface area contributed by atoms with Crippen molar-refractivity contribution in [1.82, 2.24) is 14.4 Å². The second kappa shape index (κ2) is 7.74. The van der Waals surface area contributed by atoms with Gasteiger partial charge in [0, 0.05) is 23.9 Å². The van der Waals surface area contributed by atoms with Crippen LogP contribution in [0.15, 0.2) is 85.2 Å². The highest BCUT2D eigenvalue weighted by Crippen LogP contribution is 2.29. The Morgan fingerprint density at radius 2 is 1.42 bits per heavy atom. The van der Waals surface area contributed by atoms with Crippen LogP contribution in [-0.4, -0.2) is 14.4 Å². The Morgan fingerprint density at radius 1 is 0.742 bits per heavy atom. The Balaban J connectivity index is 1.59. The molecule has 5 aromatic rings. The number of halogens is 2. The summed E-state index contributed by atoms with van der Waals surface area (Å²) in [5, 5.41) is 0. The maximum atomic E-state index is 13.3. The van der Waals surface area contributed by atoms with Gasteiger partial charge in [-0.3, -0.25) is 9.38 Å². The van der Waals surface area contributed by atoms with Crippen molar-refractivity contribution in [3.05, 3.63) is 103 Å². The highest BCUT2D eigenvalue weighted by molar-refractivity contribution is 5.73. The monoisotopic (exact) mass is 412 g/mol. The molecule has 0 aliphatic rings. The molecule has 0 radical (unpaired) electrons. The van der Waals surface area contributed by atoms with Crippen LogP contribution in [0.1, 0.15) is 5.69 Å².